The molecule has 0 radical (unpaired) electrons. The number of Topliss-reactive ketones (excluding diaryl/α,β-unsaturated/α-hetero) is 1. The van der Waals surface area contributed by atoms with Crippen molar-refractivity contribution in [1.82, 2.24) is 0 Å². The second kappa shape index (κ2) is 4.80. The lowest BCUT2D eigenvalue weighted by Crippen LogP contribution is -2.33. The van der Waals surface area contributed by atoms with Crippen molar-refractivity contribution < 1.29 is 14.0 Å². The van der Waals surface area contributed by atoms with Gasteiger partial charge in [-0.2, -0.15) is 0 Å². The van der Waals surface area contributed by atoms with Gasteiger partial charge in [-0.05, 0) is 34.0 Å². The van der Waals surface area contributed by atoms with Crippen molar-refractivity contribution in [2.75, 3.05) is 11.4 Å². The lowest BCUT2D eigenvalue weighted by molar-refractivity contribution is -0.114. The number of amides is 1. The van der Waals surface area contributed by atoms with Crippen molar-refractivity contribution in [2.45, 2.75) is 20.3 Å². The number of benzene rings is 1. The van der Waals surface area contributed by atoms with Crippen LogP contribution in [0.2, 0.25) is 0 Å². The van der Waals surface area contributed by atoms with Crippen LogP contribution >= 0.6 is 15.9 Å². The van der Waals surface area contributed by atoms with Crippen LogP contribution in [0.3, 0.4) is 0 Å². The van der Waals surface area contributed by atoms with Crippen molar-refractivity contribution >= 4 is 33.3 Å². The molecule has 0 saturated carbocycles. The summed E-state index contributed by atoms with van der Waals surface area (Å²) in [6, 6.07) is 2.39. The van der Waals surface area contributed by atoms with Gasteiger partial charge in [-0.25, -0.2) is 4.39 Å². The van der Waals surface area contributed by atoms with Crippen LogP contribution in [0.5, 0.6) is 0 Å². The fourth-order valence-electron chi connectivity index (χ4n) is 1.97. The van der Waals surface area contributed by atoms with Gasteiger partial charge >= 0.3 is 0 Å². The van der Waals surface area contributed by atoms with E-state index in [1.165, 1.54) is 11.0 Å². The largest absolute Gasteiger partial charge is 0.303 e. The van der Waals surface area contributed by atoms with E-state index in [2.05, 4.69) is 15.9 Å². The lowest BCUT2D eigenvalue weighted by Gasteiger charge is -2.21. The monoisotopic (exact) mass is 313 g/mol. The molecule has 0 aromatic heterocycles. The van der Waals surface area contributed by atoms with Crippen molar-refractivity contribution in [3.05, 3.63) is 28.0 Å². The molecule has 0 bridgehead atoms. The molecule has 1 aliphatic rings. The molecule has 1 aromatic rings. The predicted molar refractivity (Wildman–Crippen MR) is 70.2 cm³/mol. The van der Waals surface area contributed by atoms with Crippen LogP contribution in [-0.2, 0) is 4.79 Å². The maximum Gasteiger partial charge on any atom is 0.299 e. The molecule has 18 heavy (non-hydrogen) atoms. The minimum absolute atomic E-state index is 0.148. The van der Waals surface area contributed by atoms with Crippen molar-refractivity contribution in [1.29, 1.82) is 0 Å². The third-order valence-corrected chi connectivity index (χ3v) is 3.78. The number of halogens is 2. The molecule has 1 aliphatic heterocycles. The first-order valence-electron chi connectivity index (χ1n) is 5.81. The number of rotatable bonds is 3. The maximum absolute atomic E-state index is 13.3. The van der Waals surface area contributed by atoms with Gasteiger partial charge in [0.2, 0.25) is 0 Å². The summed E-state index contributed by atoms with van der Waals surface area (Å²) in [6.45, 7) is 4.50. The number of carbonyl (C=O) groups is 2. The number of anilines is 1. The molecule has 3 nitrogen and oxygen atoms in total. The predicted octanol–water partition coefficient (Wildman–Crippen LogP) is 3.16. The number of nitrogens with zero attached hydrogens (tertiary/aromatic N) is 1. The maximum atomic E-state index is 13.3. The van der Waals surface area contributed by atoms with E-state index in [-0.39, 0.29) is 11.5 Å². The smallest absolute Gasteiger partial charge is 0.299 e. The summed E-state index contributed by atoms with van der Waals surface area (Å²) >= 11 is 3.22. The van der Waals surface area contributed by atoms with E-state index in [1.807, 2.05) is 13.8 Å². The van der Waals surface area contributed by atoms with Crippen LogP contribution in [0.4, 0.5) is 10.1 Å². The summed E-state index contributed by atoms with van der Waals surface area (Å²) in [5, 5.41) is 0. The van der Waals surface area contributed by atoms with Crippen LogP contribution in [0, 0.1) is 11.7 Å². The highest BCUT2D eigenvalue weighted by Gasteiger charge is 2.38. The molecule has 5 heteroatoms. The van der Waals surface area contributed by atoms with E-state index >= 15 is 0 Å². The van der Waals surface area contributed by atoms with Crippen LogP contribution in [0.25, 0.3) is 0 Å². The van der Waals surface area contributed by atoms with Gasteiger partial charge in [0.1, 0.15) is 5.82 Å². The van der Waals surface area contributed by atoms with E-state index in [9.17, 15) is 14.0 Å². The molecular formula is C13H13BrFNO2. The summed E-state index contributed by atoms with van der Waals surface area (Å²) in [7, 11) is 0. The highest BCUT2D eigenvalue weighted by Crippen LogP contribution is 2.37. The summed E-state index contributed by atoms with van der Waals surface area (Å²) < 4.78 is 13.7. The van der Waals surface area contributed by atoms with E-state index in [0.717, 1.165) is 12.5 Å². The fraction of sp³-hybridized carbons (Fsp3) is 0.385. The average molecular weight is 314 g/mol. The Bertz CT molecular complexity index is 530. The van der Waals surface area contributed by atoms with Crippen LogP contribution in [0.15, 0.2) is 16.6 Å². The first-order valence-corrected chi connectivity index (χ1v) is 6.60. The van der Waals surface area contributed by atoms with Gasteiger partial charge in [-0.3, -0.25) is 9.59 Å². The molecule has 0 saturated heterocycles. The zero-order valence-electron chi connectivity index (χ0n) is 10.2. The topological polar surface area (TPSA) is 37.4 Å². The number of hydrogen-bond donors (Lipinski definition) is 0. The Kier molecular flexibility index (Phi) is 3.52. The Morgan fingerprint density at radius 3 is 2.67 bits per heavy atom. The van der Waals surface area contributed by atoms with Gasteiger partial charge in [0.25, 0.3) is 11.7 Å². The second-order valence-corrected chi connectivity index (χ2v) is 5.40. The lowest BCUT2D eigenvalue weighted by atomic mass is 10.1. The molecule has 96 valence electrons. The molecule has 1 unspecified atom stereocenters. The number of fused-ring (bicyclic) bond motifs is 1. The summed E-state index contributed by atoms with van der Waals surface area (Å²) in [4.78, 5) is 25.2. The first-order chi connectivity index (χ1) is 8.45. The Balaban J connectivity index is 2.48. The zero-order valence-corrected chi connectivity index (χ0v) is 11.8. The molecular weight excluding hydrogens is 301 g/mol. The molecule has 1 atom stereocenters. The Morgan fingerprint density at radius 1 is 1.39 bits per heavy atom. The molecule has 1 amide bonds. The number of carbonyl (C=O) groups excluding carboxylic acids is 2. The summed E-state index contributed by atoms with van der Waals surface area (Å²) in [5.41, 5.74) is 0.641. The minimum atomic E-state index is -0.631. The van der Waals surface area contributed by atoms with Crippen LogP contribution in [0.1, 0.15) is 30.6 Å². The van der Waals surface area contributed by atoms with Crippen LogP contribution < -0.4 is 4.90 Å². The van der Waals surface area contributed by atoms with E-state index in [0.29, 0.717) is 16.7 Å². The van der Waals surface area contributed by atoms with Crippen molar-refractivity contribution in [3.63, 3.8) is 0 Å². The summed E-state index contributed by atoms with van der Waals surface area (Å²) in [6.07, 6.45) is 0.909. The molecule has 1 heterocycles. The Morgan fingerprint density at radius 2 is 2.06 bits per heavy atom. The van der Waals surface area contributed by atoms with Gasteiger partial charge in [0.15, 0.2) is 0 Å². The molecule has 0 fully saturated rings. The van der Waals surface area contributed by atoms with Gasteiger partial charge in [-0.15, -0.1) is 0 Å². The number of ketones is 1. The quantitative estimate of drug-likeness (QED) is 0.804. The second-order valence-electron chi connectivity index (χ2n) is 4.54. The van der Waals surface area contributed by atoms with Crippen molar-refractivity contribution in [2.24, 2.45) is 5.92 Å². The first kappa shape index (κ1) is 13.2. The van der Waals surface area contributed by atoms with Gasteiger partial charge in [-0.1, -0.05) is 20.3 Å². The molecule has 0 N–H and O–H groups in total. The standard InChI is InChI=1S/C13H13BrFNO2/c1-3-7(2)6-16-11-9(12(17)13(16)18)4-8(15)5-10(11)14/h4-5,7H,3,6H2,1-2H3. The third-order valence-electron chi connectivity index (χ3n) is 3.17. The van der Waals surface area contributed by atoms with E-state index < -0.39 is 17.5 Å². The fourth-order valence-corrected chi connectivity index (χ4v) is 2.61. The highest BCUT2D eigenvalue weighted by atomic mass is 79.9. The Hall–Kier alpha value is -1.23. The molecule has 0 spiro atoms. The van der Waals surface area contributed by atoms with Gasteiger partial charge in [0.05, 0.1) is 11.3 Å². The third kappa shape index (κ3) is 2.07. The SMILES string of the molecule is CCC(C)CN1C(=O)C(=O)c2cc(F)cc(Br)c21. The average Bonchev–Trinajstić information content (AvgIpc) is 2.54. The normalized spacial score (nSPS) is 16.1. The minimum Gasteiger partial charge on any atom is -0.303 e. The molecule has 1 aromatic carbocycles. The zero-order chi connectivity index (χ0) is 13.4. The van der Waals surface area contributed by atoms with Crippen LogP contribution in [-0.4, -0.2) is 18.2 Å². The molecule has 0 aliphatic carbocycles. The van der Waals surface area contributed by atoms with Crippen molar-refractivity contribution in [3.8, 4) is 0 Å². The highest BCUT2D eigenvalue weighted by molar-refractivity contribution is 9.10. The Labute approximate surface area is 113 Å². The summed E-state index contributed by atoms with van der Waals surface area (Å²) in [5.74, 6) is -1.44. The van der Waals surface area contributed by atoms with E-state index in [4.69, 9.17) is 0 Å². The van der Waals surface area contributed by atoms with Gasteiger partial charge in [0, 0.05) is 11.0 Å². The van der Waals surface area contributed by atoms with Gasteiger partial charge < -0.3 is 4.90 Å². The van der Waals surface area contributed by atoms with E-state index in [1.54, 1.807) is 0 Å². The number of hydrogen-bond acceptors (Lipinski definition) is 2. The molecule has 2 rings (SSSR count).